The molecule has 1 N–H and O–H groups in total. The van der Waals surface area contributed by atoms with Gasteiger partial charge >= 0.3 is 0 Å². The van der Waals surface area contributed by atoms with Crippen LogP contribution in [0, 0.1) is 10.1 Å². The van der Waals surface area contributed by atoms with Gasteiger partial charge in [0.25, 0.3) is 5.69 Å². The van der Waals surface area contributed by atoms with Crippen LogP contribution in [0.25, 0.3) is 0 Å². The number of para-hydroxylation sites is 1. The highest BCUT2D eigenvalue weighted by atomic mass is 16.6. The number of nitro benzene ring substituents is 1. The van der Waals surface area contributed by atoms with Crippen molar-refractivity contribution in [3.63, 3.8) is 0 Å². The van der Waals surface area contributed by atoms with E-state index in [0.717, 1.165) is 31.2 Å². The Kier molecular flexibility index (Phi) is 7.76. The summed E-state index contributed by atoms with van der Waals surface area (Å²) in [5.41, 5.74) is 1.17. The fraction of sp³-hybridized carbons (Fsp3) is 0.417. The first kappa shape index (κ1) is 22.5. The molecule has 0 aliphatic heterocycles. The molecule has 0 unspecified atom stereocenters. The van der Waals surface area contributed by atoms with Crippen LogP contribution in [0.15, 0.2) is 54.6 Å². The molecule has 2 amide bonds. The Labute approximate surface area is 182 Å². The SMILES string of the molecule is CC[C@H](C(=O)NC1CCCC1)N(Cc1ccccc1)C(=O)Cc1ccccc1[N+](=O)[O-]. The van der Waals surface area contributed by atoms with Crippen LogP contribution < -0.4 is 5.32 Å². The third-order valence-electron chi connectivity index (χ3n) is 5.81. The average molecular weight is 424 g/mol. The Morgan fingerprint density at radius 2 is 1.74 bits per heavy atom. The van der Waals surface area contributed by atoms with E-state index in [4.69, 9.17) is 0 Å². The van der Waals surface area contributed by atoms with Crippen LogP contribution >= 0.6 is 0 Å². The first-order valence-corrected chi connectivity index (χ1v) is 10.9. The summed E-state index contributed by atoms with van der Waals surface area (Å²) in [6.07, 6.45) is 4.47. The number of nitrogens with zero attached hydrogens (tertiary/aromatic N) is 2. The number of amides is 2. The van der Waals surface area contributed by atoms with Gasteiger partial charge in [0.1, 0.15) is 6.04 Å². The molecular weight excluding hydrogens is 394 g/mol. The molecule has 1 aliphatic rings. The van der Waals surface area contributed by atoms with E-state index >= 15 is 0 Å². The first-order chi connectivity index (χ1) is 15.0. The number of benzene rings is 2. The van der Waals surface area contributed by atoms with Crippen molar-refractivity contribution in [3.8, 4) is 0 Å². The maximum Gasteiger partial charge on any atom is 0.273 e. The summed E-state index contributed by atoms with van der Waals surface area (Å²) in [5.74, 6) is -0.451. The molecule has 0 radical (unpaired) electrons. The van der Waals surface area contributed by atoms with Crippen LogP contribution in [-0.4, -0.2) is 33.7 Å². The summed E-state index contributed by atoms with van der Waals surface area (Å²) >= 11 is 0. The van der Waals surface area contributed by atoms with Crippen molar-refractivity contribution in [2.24, 2.45) is 0 Å². The van der Waals surface area contributed by atoms with Gasteiger partial charge in [-0.25, -0.2) is 0 Å². The number of hydrogen-bond acceptors (Lipinski definition) is 4. The summed E-state index contributed by atoms with van der Waals surface area (Å²) in [7, 11) is 0. The second-order valence-corrected chi connectivity index (χ2v) is 7.98. The highest BCUT2D eigenvalue weighted by molar-refractivity contribution is 5.89. The molecule has 164 valence electrons. The van der Waals surface area contributed by atoms with Crippen LogP contribution in [0.3, 0.4) is 0 Å². The molecular formula is C24H29N3O4. The van der Waals surface area contributed by atoms with E-state index in [0.29, 0.717) is 12.0 Å². The van der Waals surface area contributed by atoms with Crippen LogP contribution in [-0.2, 0) is 22.6 Å². The zero-order valence-electron chi connectivity index (χ0n) is 17.8. The van der Waals surface area contributed by atoms with Gasteiger partial charge in [0.05, 0.1) is 11.3 Å². The van der Waals surface area contributed by atoms with Crippen molar-refractivity contribution in [1.82, 2.24) is 10.2 Å². The lowest BCUT2D eigenvalue weighted by molar-refractivity contribution is -0.385. The smallest absolute Gasteiger partial charge is 0.273 e. The lowest BCUT2D eigenvalue weighted by atomic mass is 10.0. The second kappa shape index (κ2) is 10.7. The molecule has 0 spiro atoms. The van der Waals surface area contributed by atoms with E-state index in [1.165, 1.54) is 6.07 Å². The van der Waals surface area contributed by atoms with Gasteiger partial charge < -0.3 is 10.2 Å². The maximum absolute atomic E-state index is 13.4. The maximum atomic E-state index is 13.4. The predicted octanol–water partition coefficient (Wildman–Crippen LogP) is 4.00. The number of carbonyl (C=O) groups excluding carboxylic acids is 2. The summed E-state index contributed by atoms with van der Waals surface area (Å²) in [6.45, 7) is 2.16. The number of nitrogens with one attached hydrogen (secondary N) is 1. The van der Waals surface area contributed by atoms with Crippen molar-refractivity contribution in [2.75, 3.05) is 0 Å². The van der Waals surface area contributed by atoms with Crippen LogP contribution in [0.2, 0.25) is 0 Å². The normalized spacial score (nSPS) is 14.7. The minimum atomic E-state index is -0.629. The van der Waals surface area contributed by atoms with E-state index in [1.54, 1.807) is 23.1 Å². The Hall–Kier alpha value is -3.22. The highest BCUT2D eigenvalue weighted by Crippen LogP contribution is 2.22. The zero-order valence-corrected chi connectivity index (χ0v) is 17.8. The highest BCUT2D eigenvalue weighted by Gasteiger charge is 2.31. The Balaban J connectivity index is 1.84. The minimum absolute atomic E-state index is 0.0843. The fourth-order valence-electron chi connectivity index (χ4n) is 4.17. The van der Waals surface area contributed by atoms with E-state index < -0.39 is 11.0 Å². The van der Waals surface area contributed by atoms with Gasteiger partial charge in [-0.1, -0.05) is 68.3 Å². The van der Waals surface area contributed by atoms with Gasteiger partial charge in [-0.2, -0.15) is 0 Å². The van der Waals surface area contributed by atoms with E-state index in [1.807, 2.05) is 37.3 Å². The summed E-state index contributed by atoms with van der Waals surface area (Å²) < 4.78 is 0. The molecule has 1 atom stereocenters. The molecule has 0 heterocycles. The van der Waals surface area contributed by atoms with Crippen molar-refractivity contribution in [1.29, 1.82) is 0 Å². The molecule has 0 bridgehead atoms. The monoisotopic (exact) mass is 423 g/mol. The molecule has 1 fully saturated rings. The summed E-state index contributed by atoms with van der Waals surface area (Å²) in [4.78, 5) is 38.9. The van der Waals surface area contributed by atoms with Crippen molar-refractivity contribution in [2.45, 2.75) is 64.1 Å². The quantitative estimate of drug-likeness (QED) is 0.487. The van der Waals surface area contributed by atoms with Crippen LogP contribution in [0.4, 0.5) is 5.69 Å². The third-order valence-corrected chi connectivity index (χ3v) is 5.81. The average Bonchev–Trinajstić information content (AvgIpc) is 3.27. The molecule has 1 aliphatic carbocycles. The summed E-state index contributed by atoms with van der Waals surface area (Å²) in [6, 6.07) is 15.3. The largest absolute Gasteiger partial charge is 0.352 e. The minimum Gasteiger partial charge on any atom is -0.352 e. The van der Waals surface area contributed by atoms with E-state index in [-0.39, 0.29) is 36.5 Å². The van der Waals surface area contributed by atoms with Crippen LogP contribution in [0.5, 0.6) is 0 Å². The summed E-state index contributed by atoms with van der Waals surface area (Å²) in [5, 5.41) is 14.5. The molecule has 0 saturated heterocycles. The van der Waals surface area contributed by atoms with Gasteiger partial charge in [-0.15, -0.1) is 0 Å². The molecule has 7 nitrogen and oxygen atoms in total. The van der Waals surface area contributed by atoms with Gasteiger partial charge in [-0.3, -0.25) is 19.7 Å². The predicted molar refractivity (Wildman–Crippen MR) is 118 cm³/mol. The van der Waals surface area contributed by atoms with Crippen molar-refractivity contribution >= 4 is 17.5 Å². The Morgan fingerprint density at radius 3 is 2.39 bits per heavy atom. The number of hydrogen-bond donors (Lipinski definition) is 1. The van der Waals surface area contributed by atoms with Gasteiger partial charge in [0.15, 0.2) is 0 Å². The lowest BCUT2D eigenvalue weighted by Gasteiger charge is -2.31. The van der Waals surface area contributed by atoms with Gasteiger partial charge in [0.2, 0.25) is 11.8 Å². The Morgan fingerprint density at radius 1 is 1.10 bits per heavy atom. The standard InChI is InChI=1S/C24H29N3O4/c1-2-21(24(29)25-20-13-7-8-14-20)26(17-18-10-4-3-5-11-18)23(28)16-19-12-6-9-15-22(19)27(30)31/h3-6,9-12,15,20-21H,2,7-8,13-14,16-17H2,1H3,(H,25,29)/t21-/m1/s1. The van der Waals surface area contributed by atoms with Crippen LogP contribution in [0.1, 0.15) is 50.2 Å². The molecule has 31 heavy (non-hydrogen) atoms. The second-order valence-electron chi connectivity index (χ2n) is 7.98. The molecule has 0 aromatic heterocycles. The number of carbonyl (C=O) groups is 2. The Bertz CT molecular complexity index is 910. The topological polar surface area (TPSA) is 92.6 Å². The molecule has 7 heteroatoms. The molecule has 2 aromatic rings. The van der Waals surface area contributed by atoms with Crippen molar-refractivity contribution < 1.29 is 14.5 Å². The van der Waals surface area contributed by atoms with Gasteiger partial charge in [-0.05, 0) is 24.8 Å². The van der Waals surface area contributed by atoms with Crippen molar-refractivity contribution in [3.05, 3.63) is 75.8 Å². The number of rotatable bonds is 9. The lowest BCUT2D eigenvalue weighted by Crippen LogP contribution is -2.51. The molecule has 1 saturated carbocycles. The third kappa shape index (κ3) is 5.90. The number of nitro groups is 1. The molecule has 2 aromatic carbocycles. The zero-order chi connectivity index (χ0) is 22.2. The fourth-order valence-corrected chi connectivity index (χ4v) is 4.17. The van der Waals surface area contributed by atoms with E-state index in [9.17, 15) is 19.7 Å². The molecule has 3 rings (SSSR count). The van der Waals surface area contributed by atoms with Gasteiger partial charge in [0, 0.05) is 24.2 Å². The van der Waals surface area contributed by atoms with E-state index in [2.05, 4.69) is 5.32 Å². The first-order valence-electron chi connectivity index (χ1n) is 10.9.